The van der Waals surface area contributed by atoms with Gasteiger partial charge in [-0.15, -0.1) is 0 Å². The van der Waals surface area contributed by atoms with Gasteiger partial charge in [0, 0.05) is 13.1 Å². The van der Waals surface area contributed by atoms with Crippen molar-refractivity contribution in [3.05, 3.63) is 17.8 Å². The molecule has 2 heterocycles. The van der Waals surface area contributed by atoms with Crippen LogP contribution in [0.15, 0.2) is 12.1 Å². The molecule has 2 N–H and O–H groups in total. The van der Waals surface area contributed by atoms with Crippen LogP contribution in [-0.2, 0) is 0 Å². The van der Waals surface area contributed by atoms with Crippen molar-refractivity contribution in [3.63, 3.8) is 0 Å². The van der Waals surface area contributed by atoms with Gasteiger partial charge in [0.15, 0.2) is 5.82 Å². The molecule has 1 aliphatic heterocycles. The topological polar surface area (TPSA) is 65.9 Å². The highest BCUT2D eigenvalue weighted by molar-refractivity contribution is 5.63. The van der Waals surface area contributed by atoms with Crippen molar-refractivity contribution in [1.82, 2.24) is 4.98 Å². The fourth-order valence-electron chi connectivity index (χ4n) is 2.41. The van der Waals surface area contributed by atoms with E-state index in [0.717, 1.165) is 18.9 Å². The third-order valence-corrected chi connectivity index (χ3v) is 3.43. The number of nitrogens with zero attached hydrogens (tertiary/aromatic N) is 3. The van der Waals surface area contributed by atoms with Crippen molar-refractivity contribution in [2.75, 3.05) is 23.7 Å². The number of nitriles is 1. The minimum atomic E-state index is 0.444. The number of hydrogen-bond acceptors (Lipinski definition) is 4. The van der Waals surface area contributed by atoms with E-state index in [1.165, 1.54) is 38.5 Å². The Labute approximate surface area is 108 Å². The van der Waals surface area contributed by atoms with Crippen molar-refractivity contribution in [2.45, 2.75) is 38.5 Å². The number of hydrogen-bond donors (Lipinski definition) is 1. The first-order chi connectivity index (χ1) is 8.81. The zero-order valence-corrected chi connectivity index (χ0v) is 10.7. The summed E-state index contributed by atoms with van der Waals surface area (Å²) in [5, 5.41) is 8.93. The van der Waals surface area contributed by atoms with Gasteiger partial charge in [-0.05, 0) is 25.0 Å². The number of pyridine rings is 1. The minimum Gasteiger partial charge on any atom is -0.396 e. The lowest BCUT2D eigenvalue weighted by molar-refractivity contribution is 0.636. The molecule has 4 nitrogen and oxygen atoms in total. The van der Waals surface area contributed by atoms with Gasteiger partial charge in [0.2, 0.25) is 0 Å². The zero-order valence-electron chi connectivity index (χ0n) is 10.7. The van der Waals surface area contributed by atoms with Crippen LogP contribution in [0.1, 0.15) is 44.2 Å². The monoisotopic (exact) mass is 244 g/mol. The van der Waals surface area contributed by atoms with Crippen LogP contribution < -0.4 is 10.6 Å². The molecule has 0 bridgehead atoms. The number of aromatic nitrogens is 1. The maximum Gasteiger partial charge on any atom is 0.153 e. The molecular formula is C14H20N4. The first-order valence-electron chi connectivity index (χ1n) is 6.73. The molecule has 1 saturated heterocycles. The van der Waals surface area contributed by atoms with E-state index in [9.17, 15) is 0 Å². The fourth-order valence-corrected chi connectivity index (χ4v) is 2.41. The lowest BCUT2D eigenvalue weighted by Crippen LogP contribution is -2.27. The quantitative estimate of drug-likeness (QED) is 0.824. The SMILES string of the molecule is N#Cc1ccc(N)c(N2CCCCCCCC2)n1. The number of nitrogen functional groups attached to an aromatic ring is 1. The van der Waals surface area contributed by atoms with Crippen LogP contribution in [0.4, 0.5) is 11.5 Å². The Bertz CT molecular complexity index is 426. The van der Waals surface area contributed by atoms with E-state index in [0.29, 0.717) is 11.4 Å². The third-order valence-electron chi connectivity index (χ3n) is 3.43. The predicted octanol–water partition coefficient (Wildman–Crippen LogP) is 2.70. The third kappa shape index (κ3) is 3.13. The normalized spacial score (nSPS) is 17.4. The Hall–Kier alpha value is -1.76. The zero-order chi connectivity index (χ0) is 12.8. The Balaban J connectivity index is 2.19. The minimum absolute atomic E-state index is 0.444. The van der Waals surface area contributed by atoms with Crippen LogP contribution in [0.2, 0.25) is 0 Å². The molecular weight excluding hydrogens is 224 g/mol. The van der Waals surface area contributed by atoms with Crippen LogP contribution in [-0.4, -0.2) is 18.1 Å². The second-order valence-electron chi connectivity index (χ2n) is 4.83. The number of rotatable bonds is 1. The highest BCUT2D eigenvalue weighted by atomic mass is 15.2. The van der Waals surface area contributed by atoms with Crippen LogP contribution in [0.3, 0.4) is 0 Å². The van der Waals surface area contributed by atoms with Gasteiger partial charge in [0.25, 0.3) is 0 Å². The van der Waals surface area contributed by atoms with E-state index in [1.807, 2.05) is 0 Å². The summed E-state index contributed by atoms with van der Waals surface area (Å²) in [7, 11) is 0. The van der Waals surface area contributed by atoms with E-state index in [-0.39, 0.29) is 0 Å². The Kier molecular flexibility index (Phi) is 4.40. The average molecular weight is 244 g/mol. The largest absolute Gasteiger partial charge is 0.396 e. The Morgan fingerprint density at radius 3 is 2.28 bits per heavy atom. The van der Waals surface area contributed by atoms with E-state index in [1.54, 1.807) is 12.1 Å². The first kappa shape index (κ1) is 12.7. The summed E-state index contributed by atoms with van der Waals surface area (Å²) in [6.07, 6.45) is 7.56. The summed E-state index contributed by atoms with van der Waals surface area (Å²) >= 11 is 0. The van der Waals surface area contributed by atoms with Crippen molar-refractivity contribution in [2.24, 2.45) is 0 Å². The molecule has 0 spiro atoms. The molecule has 18 heavy (non-hydrogen) atoms. The number of anilines is 2. The Morgan fingerprint density at radius 2 is 1.67 bits per heavy atom. The van der Waals surface area contributed by atoms with Crippen LogP contribution >= 0.6 is 0 Å². The van der Waals surface area contributed by atoms with Crippen molar-refractivity contribution < 1.29 is 0 Å². The van der Waals surface area contributed by atoms with Gasteiger partial charge in [-0.2, -0.15) is 5.26 Å². The standard InChI is InChI=1S/C14H20N4/c15-11-12-7-8-13(16)14(17-12)18-9-5-3-1-2-4-6-10-18/h7-8H,1-6,9-10,16H2. The smallest absolute Gasteiger partial charge is 0.153 e. The van der Waals surface area contributed by atoms with Crippen molar-refractivity contribution in [3.8, 4) is 6.07 Å². The van der Waals surface area contributed by atoms with E-state index < -0.39 is 0 Å². The molecule has 2 rings (SSSR count). The molecule has 0 radical (unpaired) electrons. The molecule has 4 heteroatoms. The number of nitrogens with two attached hydrogens (primary N) is 1. The average Bonchev–Trinajstić information content (AvgIpc) is 2.53. The highest BCUT2D eigenvalue weighted by Crippen LogP contribution is 2.23. The first-order valence-corrected chi connectivity index (χ1v) is 6.73. The predicted molar refractivity (Wildman–Crippen MR) is 73.3 cm³/mol. The van der Waals surface area contributed by atoms with E-state index >= 15 is 0 Å². The summed E-state index contributed by atoms with van der Waals surface area (Å²) < 4.78 is 0. The lowest BCUT2D eigenvalue weighted by atomic mass is 10.1. The van der Waals surface area contributed by atoms with Crippen LogP contribution in [0.5, 0.6) is 0 Å². The van der Waals surface area contributed by atoms with Gasteiger partial charge >= 0.3 is 0 Å². The summed E-state index contributed by atoms with van der Waals surface area (Å²) in [6.45, 7) is 1.98. The van der Waals surface area contributed by atoms with Gasteiger partial charge < -0.3 is 10.6 Å². The maximum absolute atomic E-state index is 8.93. The van der Waals surface area contributed by atoms with Gasteiger partial charge in [0.05, 0.1) is 5.69 Å². The van der Waals surface area contributed by atoms with E-state index in [4.69, 9.17) is 11.0 Å². The molecule has 0 aromatic carbocycles. The molecule has 0 saturated carbocycles. The van der Waals surface area contributed by atoms with Gasteiger partial charge in [-0.1, -0.05) is 25.7 Å². The van der Waals surface area contributed by atoms with Crippen LogP contribution in [0.25, 0.3) is 0 Å². The van der Waals surface area contributed by atoms with Crippen molar-refractivity contribution >= 4 is 11.5 Å². The van der Waals surface area contributed by atoms with Crippen LogP contribution in [0, 0.1) is 11.3 Å². The molecule has 1 aliphatic rings. The summed E-state index contributed by atoms with van der Waals surface area (Å²) in [5.41, 5.74) is 7.11. The Morgan fingerprint density at radius 1 is 1.06 bits per heavy atom. The van der Waals surface area contributed by atoms with Crippen molar-refractivity contribution in [1.29, 1.82) is 5.26 Å². The fraction of sp³-hybridized carbons (Fsp3) is 0.571. The molecule has 96 valence electrons. The molecule has 1 aromatic rings. The molecule has 0 atom stereocenters. The summed E-state index contributed by atoms with van der Waals surface area (Å²) in [6, 6.07) is 5.54. The van der Waals surface area contributed by atoms with Gasteiger partial charge in [0.1, 0.15) is 11.8 Å². The summed E-state index contributed by atoms with van der Waals surface area (Å²) in [5.74, 6) is 0.788. The molecule has 1 aromatic heterocycles. The molecule has 0 unspecified atom stereocenters. The lowest BCUT2D eigenvalue weighted by Gasteiger charge is -2.24. The highest BCUT2D eigenvalue weighted by Gasteiger charge is 2.13. The molecule has 0 amide bonds. The second-order valence-corrected chi connectivity index (χ2v) is 4.83. The van der Waals surface area contributed by atoms with Gasteiger partial charge in [-0.25, -0.2) is 4.98 Å². The molecule has 1 fully saturated rings. The van der Waals surface area contributed by atoms with E-state index in [2.05, 4.69) is 16.0 Å². The summed E-state index contributed by atoms with van der Waals surface area (Å²) in [4.78, 5) is 6.59. The maximum atomic E-state index is 8.93. The molecule has 0 aliphatic carbocycles. The second kappa shape index (κ2) is 6.25. The van der Waals surface area contributed by atoms with Gasteiger partial charge in [-0.3, -0.25) is 0 Å².